The molecular weight excluding hydrogens is 510 g/mol. The maximum Gasteiger partial charge on any atom is 0.310 e. The summed E-state index contributed by atoms with van der Waals surface area (Å²) in [7, 11) is 1.66. The van der Waals surface area contributed by atoms with E-state index in [0.29, 0.717) is 32.0 Å². The van der Waals surface area contributed by atoms with Gasteiger partial charge in [-0.1, -0.05) is 12.1 Å². The van der Waals surface area contributed by atoms with Crippen LogP contribution in [0.5, 0.6) is 28.7 Å². The molecule has 0 radical (unpaired) electrons. The lowest BCUT2D eigenvalue weighted by Crippen LogP contribution is -2.40. The Labute approximate surface area is 233 Å². The number of carbonyl (C=O) groups excluding carboxylic acids is 1. The molecule has 206 valence electrons. The zero-order valence-electron chi connectivity index (χ0n) is 22.7. The topological polar surface area (TPSA) is 76.3 Å². The summed E-state index contributed by atoms with van der Waals surface area (Å²) in [6.07, 6.45) is 3.97. The van der Waals surface area contributed by atoms with Crippen molar-refractivity contribution in [3.63, 3.8) is 0 Å². The molecular formula is C32H32NO7+. The van der Waals surface area contributed by atoms with Crippen LogP contribution in [0.1, 0.15) is 24.5 Å². The molecule has 0 spiro atoms. The molecule has 2 aliphatic rings. The van der Waals surface area contributed by atoms with Gasteiger partial charge in [-0.05, 0) is 59.8 Å². The molecule has 40 heavy (non-hydrogen) atoms. The number of ether oxygens (including phenoxy) is 6. The first-order valence-electron chi connectivity index (χ1n) is 13.6. The molecule has 0 bridgehead atoms. The molecule has 4 aromatic rings. The number of hydrogen-bond acceptors (Lipinski definition) is 7. The van der Waals surface area contributed by atoms with Gasteiger partial charge < -0.3 is 28.4 Å². The van der Waals surface area contributed by atoms with Crippen LogP contribution in [0.25, 0.3) is 22.0 Å². The summed E-state index contributed by atoms with van der Waals surface area (Å²) >= 11 is 0. The molecule has 8 heteroatoms. The Morgan fingerprint density at radius 3 is 2.70 bits per heavy atom. The summed E-state index contributed by atoms with van der Waals surface area (Å²) in [6, 6.07) is 17.9. The van der Waals surface area contributed by atoms with Gasteiger partial charge in [0.2, 0.25) is 12.5 Å². The Hall–Kier alpha value is -4.46. The van der Waals surface area contributed by atoms with Crippen LogP contribution in [0.15, 0.2) is 60.8 Å². The molecule has 0 aliphatic carbocycles. The van der Waals surface area contributed by atoms with Gasteiger partial charge in [0.1, 0.15) is 5.75 Å². The fraction of sp³-hybridized carbons (Fsp3) is 0.312. The van der Waals surface area contributed by atoms with Crippen molar-refractivity contribution in [2.45, 2.75) is 32.7 Å². The van der Waals surface area contributed by atoms with Crippen LogP contribution < -0.4 is 28.3 Å². The van der Waals surface area contributed by atoms with E-state index in [-0.39, 0.29) is 19.2 Å². The normalized spacial score (nSPS) is 12.9. The molecule has 3 heterocycles. The van der Waals surface area contributed by atoms with Gasteiger partial charge in [0.25, 0.3) is 0 Å². The zero-order valence-corrected chi connectivity index (χ0v) is 22.7. The third kappa shape index (κ3) is 5.21. The molecule has 0 N–H and O–H groups in total. The average Bonchev–Trinajstić information content (AvgIpc) is 3.43. The van der Waals surface area contributed by atoms with E-state index in [0.717, 1.165) is 58.0 Å². The molecule has 0 atom stereocenters. The molecule has 3 aromatic carbocycles. The second-order valence-corrected chi connectivity index (χ2v) is 9.74. The number of hydrogen-bond donors (Lipinski definition) is 0. The van der Waals surface area contributed by atoms with Gasteiger partial charge in [0, 0.05) is 18.9 Å². The summed E-state index contributed by atoms with van der Waals surface area (Å²) < 4.78 is 36.4. The minimum absolute atomic E-state index is 0.229. The highest BCUT2D eigenvalue weighted by Gasteiger charge is 2.28. The van der Waals surface area contributed by atoms with Crippen LogP contribution >= 0.6 is 0 Å². The molecule has 6 rings (SSSR count). The summed E-state index contributed by atoms with van der Waals surface area (Å²) in [5.41, 5.74) is 4.43. The van der Waals surface area contributed by atoms with Gasteiger partial charge >= 0.3 is 5.97 Å². The fourth-order valence-electron chi connectivity index (χ4n) is 5.25. The number of carbonyl (C=O) groups is 1. The van der Waals surface area contributed by atoms with Crippen molar-refractivity contribution in [1.29, 1.82) is 0 Å². The summed E-state index contributed by atoms with van der Waals surface area (Å²) in [5, 5.41) is 2.07. The van der Waals surface area contributed by atoms with Crippen LogP contribution in [0, 0.1) is 0 Å². The van der Waals surface area contributed by atoms with Gasteiger partial charge in [-0.3, -0.25) is 4.79 Å². The van der Waals surface area contributed by atoms with Crippen molar-refractivity contribution >= 4 is 16.7 Å². The fourth-order valence-corrected chi connectivity index (χ4v) is 5.25. The molecule has 0 unspecified atom stereocenters. The van der Waals surface area contributed by atoms with E-state index in [9.17, 15) is 4.79 Å². The van der Waals surface area contributed by atoms with E-state index in [1.165, 1.54) is 11.1 Å². The van der Waals surface area contributed by atoms with Crippen LogP contribution in [-0.2, 0) is 28.9 Å². The van der Waals surface area contributed by atoms with Crippen molar-refractivity contribution in [2.24, 2.45) is 0 Å². The van der Waals surface area contributed by atoms with E-state index in [1.54, 1.807) is 14.0 Å². The van der Waals surface area contributed by atoms with E-state index in [2.05, 4.69) is 35.0 Å². The number of aromatic nitrogens is 1. The number of benzene rings is 3. The molecule has 2 aliphatic heterocycles. The monoisotopic (exact) mass is 542 g/mol. The summed E-state index contributed by atoms with van der Waals surface area (Å²) in [5.74, 6) is 3.51. The maximum atomic E-state index is 11.8. The highest BCUT2D eigenvalue weighted by atomic mass is 16.7. The quantitative estimate of drug-likeness (QED) is 0.158. The first kappa shape index (κ1) is 25.8. The smallest absolute Gasteiger partial charge is 0.310 e. The van der Waals surface area contributed by atoms with Gasteiger partial charge in [0.05, 0.1) is 44.3 Å². The number of aryl methyl sites for hydroxylation is 2. The molecule has 1 aromatic heterocycles. The van der Waals surface area contributed by atoms with Crippen molar-refractivity contribution in [2.75, 3.05) is 33.7 Å². The Bertz CT molecular complexity index is 1570. The van der Waals surface area contributed by atoms with E-state index in [4.69, 9.17) is 28.4 Å². The SMILES string of the molecule is CCOC(=O)Cc1cccc(OCCCOc2c(OC)ccc3cc4[n+](cc23)CCc2cc3c(cc2-4)OCO3)c1. The number of nitrogens with zero attached hydrogens (tertiary/aromatic N) is 1. The zero-order chi connectivity index (χ0) is 27.5. The largest absolute Gasteiger partial charge is 0.493 e. The van der Waals surface area contributed by atoms with Crippen LogP contribution in [0.2, 0.25) is 0 Å². The average molecular weight is 543 g/mol. The van der Waals surface area contributed by atoms with E-state index >= 15 is 0 Å². The Balaban J connectivity index is 1.15. The molecule has 0 saturated heterocycles. The van der Waals surface area contributed by atoms with Crippen LogP contribution in [0.4, 0.5) is 0 Å². The number of esters is 1. The lowest BCUT2D eigenvalue weighted by atomic mass is 9.95. The highest BCUT2D eigenvalue weighted by Crippen LogP contribution is 2.41. The van der Waals surface area contributed by atoms with Crippen molar-refractivity contribution in [3.8, 4) is 40.0 Å². The Morgan fingerprint density at radius 1 is 1.00 bits per heavy atom. The maximum absolute atomic E-state index is 11.8. The van der Waals surface area contributed by atoms with E-state index < -0.39 is 0 Å². The Morgan fingerprint density at radius 2 is 1.85 bits per heavy atom. The predicted molar refractivity (Wildman–Crippen MR) is 148 cm³/mol. The van der Waals surface area contributed by atoms with Crippen molar-refractivity contribution in [1.82, 2.24) is 0 Å². The van der Waals surface area contributed by atoms with Gasteiger partial charge in [-0.15, -0.1) is 0 Å². The second kappa shape index (κ2) is 11.3. The van der Waals surface area contributed by atoms with Crippen molar-refractivity contribution < 1.29 is 37.8 Å². The molecule has 8 nitrogen and oxygen atoms in total. The first-order chi connectivity index (χ1) is 19.6. The minimum Gasteiger partial charge on any atom is -0.493 e. The predicted octanol–water partition coefficient (Wildman–Crippen LogP) is 5.04. The molecule has 0 amide bonds. The lowest BCUT2D eigenvalue weighted by molar-refractivity contribution is -0.686. The van der Waals surface area contributed by atoms with Crippen LogP contribution in [0.3, 0.4) is 0 Å². The third-order valence-electron chi connectivity index (χ3n) is 7.15. The lowest BCUT2D eigenvalue weighted by Gasteiger charge is -2.18. The van der Waals surface area contributed by atoms with Crippen molar-refractivity contribution in [3.05, 3.63) is 71.9 Å². The number of methoxy groups -OCH3 is 1. The van der Waals surface area contributed by atoms with E-state index in [1.807, 2.05) is 30.3 Å². The highest BCUT2D eigenvalue weighted by molar-refractivity contribution is 5.91. The number of rotatable bonds is 10. The Kier molecular flexibility index (Phi) is 7.31. The molecule has 0 fully saturated rings. The number of pyridine rings is 1. The van der Waals surface area contributed by atoms with Gasteiger partial charge in [-0.25, -0.2) is 0 Å². The van der Waals surface area contributed by atoms with Gasteiger partial charge in [-0.2, -0.15) is 4.57 Å². The summed E-state index contributed by atoms with van der Waals surface area (Å²) in [4.78, 5) is 11.8. The van der Waals surface area contributed by atoms with Gasteiger partial charge in [0.15, 0.2) is 35.7 Å². The third-order valence-corrected chi connectivity index (χ3v) is 7.15. The molecule has 0 saturated carbocycles. The first-order valence-corrected chi connectivity index (χ1v) is 13.6. The minimum atomic E-state index is -0.243. The summed E-state index contributed by atoms with van der Waals surface area (Å²) in [6.45, 7) is 4.24. The number of fused-ring (bicyclic) bond motifs is 5. The van der Waals surface area contributed by atoms with Crippen LogP contribution in [-0.4, -0.2) is 39.7 Å². The second-order valence-electron chi connectivity index (χ2n) is 9.74. The standard InChI is InChI=1S/C32H32NO7/c1-3-36-31(34)15-21-6-4-7-24(14-21)37-12-5-13-38-32-26-19-33-11-10-23-17-29-30(40-20-39-29)18-25(23)27(33)16-22(26)8-9-28(32)35-2/h4,6-9,14,16-19H,3,5,10-13,15,20H2,1-2H3/q+1.